The molecule has 0 spiro atoms. The summed E-state index contributed by atoms with van der Waals surface area (Å²) in [4.78, 5) is 26.5. The fourth-order valence-corrected chi connectivity index (χ4v) is 5.46. The van der Waals surface area contributed by atoms with Gasteiger partial charge in [-0.3, -0.25) is 9.89 Å². The number of nitrogens with zero attached hydrogens (tertiary/aromatic N) is 9. The molecule has 4 aromatic rings. The zero-order chi connectivity index (χ0) is 26.4. The summed E-state index contributed by atoms with van der Waals surface area (Å²) in [6, 6.07) is 7.29. The molecule has 5 heterocycles. The van der Waals surface area contributed by atoms with Gasteiger partial charge in [0.25, 0.3) is 5.91 Å². The molecule has 13 nitrogen and oxygen atoms in total. The number of morpholine rings is 1. The molecule has 38 heavy (non-hydrogen) atoms. The van der Waals surface area contributed by atoms with Gasteiger partial charge in [0.1, 0.15) is 17.8 Å². The van der Waals surface area contributed by atoms with Crippen LogP contribution in [0.25, 0.3) is 22.3 Å². The summed E-state index contributed by atoms with van der Waals surface area (Å²) in [5.74, 6) is 1.23. The summed E-state index contributed by atoms with van der Waals surface area (Å²) < 4.78 is 8.36. The van der Waals surface area contributed by atoms with Crippen molar-refractivity contribution in [3.63, 3.8) is 0 Å². The number of anilines is 3. The average molecular weight is 627 g/mol. The van der Waals surface area contributed by atoms with E-state index in [9.17, 15) is 4.79 Å². The van der Waals surface area contributed by atoms with E-state index < -0.39 is 0 Å². The van der Waals surface area contributed by atoms with Crippen molar-refractivity contribution in [2.75, 3.05) is 46.3 Å². The summed E-state index contributed by atoms with van der Waals surface area (Å²) >= 11 is 2.35. The van der Waals surface area contributed by atoms with Crippen LogP contribution in [0.5, 0.6) is 0 Å². The predicted octanol–water partition coefficient (Wildman–Crippen LogP) is 2.57. The maximum atomic E-state index is 13.4. The number of fused-ring (bicyclic) bond motifs is 2. The third-order valence-corrected chi connectivity index (χ3v) is 8.03. The quantitative estimate of drug-likeness (QED) is 0.251. The van der Waals surface area contributed by atoms with Gasteiger partial charge in [-0.25, -0.2) is 14.6 Å². The Balaban J connectivity index is 1.28. The maximum Gasteiger partial charge on any atom is 0.255 e. The second-order valence-electron chi connectivity index (χ2n) is 9.30. The fourth-order valence-electron chi connectivity index (χ4n) is 4.93. The number of nitrogens with one attached hydrogen (secondary N) is 2. The van der Waals surface area contributed by atoms with E-state index in [1.54, 1.807) is 11.0 Å². The van der Waals surface area contributed by atoms with Crippen LogP contribution in [0.1, 0.15) is 19.9 Å². The van der Waals surface area contributed by atoms with Crippen LogP contribution in [0, 0.1) is 0 Å². The van der Waals surface area contributed by atoms with Crippen molar-refractivity contribution in [1.29, 1.82) is 0 Å². The molecule has 0 radical (unpaired) electrons. The molecule has 2 aliphatic heterocycles. The van der Waals surface area contributed by atoms with Crippen molar-refractivity contribution in [2.24, 2.45) is 0 Å². The summed E-state index contributed by atoms with van der Waals surface area (Å²) in [6.07, 6.45) is 1.74. The number of benzene rings is 1. The maximum absolute atomic E-state index is 13.4. The van der Waals surface area contributed by atoms with Gasteiger partial charge in [0.05, 0.1) is 35.5 Å². The molecule has 0 aliphatic carbocycles. The van der Waals surface area contributed by atoms with Crippen LogP contribution < -0.4 is 15.1 Å². The standard InChI is InChI=1S/C24H26IN11O2/c1-13-21(14(2)36-24(34(13)3)31-32-33-36)23(37)28-15-4-5-18-17(8-15)22(30-29-18)19-9-20(27-12-26-19)35-6-7-38-16(10-25)11-35/h4-5,8-9,12,14,16H,6-7,10-11H2,1-3H3,(H,28,37)(H,29,30)/t14-,16+/m0/s1. The highest BCUT2D eigenvalue weighted by molar-refractivity contribution is 14.1. The molecule has 0 saturated carbocycles. The van der Waals surface area contributed by atoms with Gasteiger partial charge in [-0.1, -0.05) is 27.7 Å². The van der Waals surface area contributed by atoms with Crippen molar-refractivity contribution in [1.82, 2.24) is 40.4 Å². The van der Waals surface area contributed by atoms with Crippen LogP contribution in [0.3, 0.4) is 0 Å². The lowest BCUT2D eigenvalue weighted by atomic mass is 10.0. The Labute approximate surface area is 231 Å². The minimum atomic E-state index is -0.309. The summed E-state index contributed by atoms with van der Waals surface area (Å²) in [5, 5.41) is 23.4. The average Bonchev–Trinajstić information content (AvgIpc) is 3.60. The molecule has 196 valence electrons. The van der Waals surface area contributed by atoms with E-state index in [2.05, 4.69) is 68.5 Å². The third-order valence-electron chi connectivity index (χ3n) is 7.05. The van der Waals surface area contributed by atoms with E-state index >= 15 is 0 Å². The number of ether oxygens (including phenoxy) is 1. The Morgan fingerprint density at radius 3 is 3.00 bits per heavy atom. The van der Waals surface area contributed by atoms with Crippen molar-refractivity contribution < 1.29 is 9.53 Å². The second-order valence-corrected chi connectivity index (χ2v) is 10.2. The molecule has 14 heteroatoms. The number of H-pyrrole nitrogens is 1. The molecule has 1 aromatic carbocycles. The highest BCUT2D eigenvalue weighted by Crippen LogP contribution is 2.33. The normalized spacial score (nSPS) is 19.7. The van der Waals surface area contributed by atoms with Gasteiger partial charge in [-0.2, -0.15) is 5.10 Å². The number of allylic oxidation sites excluding steroid dienone is 1. The van der Waals surface area contributed by atoms with Crippen LogP contribution in [-0.2, 0) is 9.53 Å². The molecule has 3 aromatic heterocycles. The number of tetrazole rings is 1. The number of rotatable bonds is 5. The Hall–Kier alpha value is -3.66. The van der Waals surface area contributed by atoms with Gasteiger partial charge in [0.15, 0.2) is 0 Å². The molecular weight excluding hydrogens is 601 g/mol. The number of amides is 1. The molecule has 2 N–H and O–H groups in total. The number of aromatic nitrogens is 8. The van der Waals surface area contributed by atoms with Crippen molar-refractivity contribution in [3.05, 3.63) is 41.9 Å². The summed E-state index contributed by atoms with van der Waals surface area (Å²) in [5.41, 5.74) is 4.27. The van der Waals surface area contributed by atoms with Crippen LogP contribution in [-0.4, -0.2) is 83.6 Å². The fraction of sp³-hybridized carbons (Fsp3) is 0.375. The highest BCUT2D eigenvalue weighted by Gasteiger charge is 2.32. The van der Waals surface area contributed by atoms with E-state index in [0.29, 0.717) is 35.2 Å². The number of carbonyl (C=O) groups excluding carboxylic acids is 1. The number of carbonyl (C=O) groups is 1. The van der Waals surface area contributed by atoms with Crippen molar-refractivity contribution in [2.45, 2.75) is 26.0 Å². The van der Waals surface area contributed by atoms with Gasteiger partial charge in [0, 0.05) is 47.4 Å². The molecule has 1 saturated heterocycles. The minimum absolute atomic E-state index is 0.179. The first-order valence-corrected chi connectivity index (χ1v) is 13.7. The molecule has 6 rings (SSSR count). The van der Waals surface area contributed by atoms with Crippen LogP contribution in [0.2, 0.25) is 0 Å². The van der Waals surface area contributed by atoms with Crippen LogP contribution in [0.4, 0.5) is 17.5 Å². The number of alkyl halides is 1. The number of aromatic amines is 1. The topological polar surface area (TPSA) is 143 Å². The van der Waals surface area contributed by atoms with E-state index in [-0.39, 0.29) is 18.1 Å². The van der Waals surface area contributed by atoms with Gasteiger partial charge in [-0.15, -0.1) is 0 Å². The summed E-state index contributed by atoms with van der Waals surface area (Å²) in [6.45, 7) is 6.03. The molecule has 0 unspecified atom stereocenters. The Bertz CT molecular complexity index is 1550. The Kier molecular flexibility index (Phi) is 6.43. The Morgan fingerprint density at radius 1 is 1.29 bits per heavy atom. The van der Waals surface area contributed by atoms with Gasteiger partial charge in [0.2, 0.25) is 5.95 Å². The first-order valence-electron chi connectivity index (χ1n) is 12.2. The predicted molar refractivity (Wildman–Crippen MR) is 150 cm³/mol. The lowest BCUT2D eigenvalue weighted by molar-refractivity contribution is -0.113. The highest BCUT2D eigenvalue weighted by atomic mass is 127. The zero-order valence-corrected chi connectivity index (χ0v) is 23.2. The second kappa shape index (κ2) is 9.90. The monoisotopic (exact) mass is 627 g/mol. The van der Waals surface area contributed by atoms with Gasteiger partial charge in [-0.05, 0) is 42.5 Å². The molecular formula is C24H26IN11O2. The van der Waals surface area contributed by atoms with E-state index in [1.165, 1.54) is 0 Å². The molecule has 0 bridgehead atoms. The third kappa shape index (κ3) is 4.26. The molecule has 1 fully saturated rings. The van der Waals surface area contributed by atoms with Crippen molar-refractivity contribution in [3.8, 4) is 11.4 Å². The van der Waals surface area contributed by atoms with E-state index in [0.717, 1.165) is 39.9 Å². The van der Waals surface area contributed by atoms with E-state index in [1.807, 2.05) is 50.1 Å². The number of hydrogen-bond donors (Lipinski definition) is 2. The largest absolute Gasteiger partial charge is 0.374 e. The van der Waals surface area contributed by atoms with Crippen molar-refractivity contribution >= 4 is 56.9 Å². The number of halogens is 1. The Morgan fingerprint density at radius 2 is 2.16 bits per heavy atom. The molecule has 1 amide bonds. The smallest absolute Gasteiger partial charge is 0.255 e. The van der Waals surface area contributed by atoms with Crippen LogP contribution in [0.15, 0.2) is 41.9 Å². The lowest BCUT2D eigenvalue weighted by Crippen LogP contribution is -2.43. The SMILES string of the molecule is CC1=C(C(=O)Nc2ccc3[nH]nc(-c4cc(N5CCO[C@H](CI)C5)ncn4)c3c2)[C@H](C)n2nnnc2N1C. The van der Waals surface area contributed by atoms with Gasteiger partial charge >= 0.3 is 0 Å². The lowest BCUT2D eigenvalue weighted by Gasteiger charge is -2.32. The molecule has 2 atom stereocenters. The van der Waals surface area contributed by atoms with E-state index in [4.69, 9.17) is 4.74 Å². The zero-order valence-electron chi connectivity index (χ0n) is 21.1. The van der Waals surface area contributed by atoms with Gasteiger partial charge < -0.3 is 19.9 Å². The van der Waals surface area contributed by atoms with Crippen LogP contribution >= 0.6 is 22.6 Å². The number of hydrogen-bond acceptors (Lipinski definition) is 10. The first kappa shape index (κ1) is 24.7. The summed E-state index contributed by atoms with van der Waals surface area (Å²) in [7, 11) is 1.84. The first-order chi connectivity index (χ1) is 18.4. The minimum Gasteiger partial charge on any atom is -0.374 e. The molecule has 2 aliphatic rings.